The first-order valence-electron chi connectivity index (χ1n) is 15.9. The van der Waals surface area contributed by atoms with Gasteiger partial charge in [0, 0.05) is 43.5 Å². The van der Waals surface area contributed by atoms with Crippen LogP contribution in [0.1, 0.15) is 44.1 Å². The molecule has 1 fully saturated rings. The van der Waals surface area contributed by atoms with E-state index in [9.17, 15) is 18.9 Å². The average molecular weight is 667 g/mol. The molecular weight excluding hydrogens is 623 g/mol. The Labute approximate surface area is 275 Å². The van der Waals surface area contributed by atoms with Crippen LogP contribution in [0.3, 0.4) is 0 Å². The third kappa shape index (κ3) is 10.3. The molecule has 1 aliphatic heterocycles. The lowest BCUT2D eigenvalue weighted by molar-refractivity contribution is -0.134. The van der Waals surface area contributed by atoms with Gasteiger partial charge in [-0.1, -0.05) is 61.9 Å². The molecule has 2 N–H and O–H groups in total. The summed E-state index contributed by atoms with van der Waals surface area (Å²) in [6, 6.07) is 18.8. The lowest BCUT2D eigenvalue weighted by Crippen LogP contribution is -2.57. The molecule has 2 aromatic carbocycles. The van der Waals surface area contributed by atoms with Crippen LogP contribution in [-0.2, 0) is 23.1 Å². The van der Waals surface area contributed by atoms with E-state index < -0.39 is 31.5 Å². The Morgan fingerprint density at radius 3 is 2.11 bits per heavy atom. The van der Waals surface area contributed by atoms with Crippen molar-refractivity contribution >= 4 is 37.0 Å². The van der Waals surface area contributed by atoms with Gasteiger partial charge in [0.15, 0.2) is 5.82 Å². The van der Waals surface area contributed by atoms with Gasteiger partial charge < -0.3 is 34.2 Å². The minimum absolute atomic E-state index is 0.00243. The predicted octanol–water partition coefficient (Wildman–Crippen LogP) is 5.33. The zero-order valence-corrected chi connectivity index (χ0v) is 28.0. The third-order valence-corrected chi connectivity index (χ3v) is 9.39. The number of nitrogens with zero attached hydrogens (tertiary/aromatic N) is 4. The second kappa shape index (κ2) is 17.6. The van der Waals surface area contributed by atoms with Gasteiger partial charge in [-0.2, -0.15) is 0 Å². The number of para-hydroxylation sites is 1. The minimum atomic E-state index is -3.78. The molecule has 13 nitrogen and oxygen atoms in total. The number of anilines is 2. The molecule has 47 heavy (non-hydrogen) atoms. The van der Waals surface area contributed by atoms with Gasteiger partial charge in [0.1, 0.15) is 17.6 Å². The molecular formula is C33H43N6O7P. The Balaban J connectivity index is 1.59. The van der Waals surface area contributed by atoms with Gasteiger partial charge in [-0.15, -0.1) is 0 Å². The van der Waals surface area contributed by atoms with Gasteiger partial charge in [0.25, 0.3) is 5.91 Å². The fraction of sp³-hybridized carbons (Fsp3) is 0.424. The molecule has 0 bridgehead atoms. The monoisotopic (exact) mass is 666 g/mol. The van der Waals surface area contributed by atoms with Crippen molar-refractivity contribution < 1.29 is 32.7 Å². The molecule has 0 aliphatic carbocycles. The maximum absolute atomic E-state index is 13.9. The second-order valence-corrected chi connectivity index (χ2v) is 12.9. The Morgan fingerprint density at radius 1 is 0.872 bits per heavy atom. The second-order valence-electron chi connectivity index (χ2n) is 10.8. The smallest absolute Gasteiger partial charge is 0.409 e. The first-order valence-corrected chi connectivity index (χ1v) is 17.6. The van der Waals surface area contributed by atoms with Crippen LogP contribution in [0.15, 0.2) is 66.7 Å². The highest BCUT2D eigenvalue weighted by Crippen LogP contribution is 2.48. The van der Waals surface area contributed by atoms with E-state index in [1.54, 1.807) is 18.7 Å². The summed E-state index contributed by atoms with van der Waals surface area (Å²) >= 11 is 0. The molecule has 0 unspecified atom stereocenters. The number of piperazine rings is 1. The van der Waals surface area contributed by atoms with Crippen LogP contribution < -0.4 is 10.6 Å². The lowest BCUT2D eigenvalue weighted by Gasteiger charge is -2.36. The third-order valence-electron chi connectivity index (χ3n) is 7.27. The standard InChI is InChI=1S/C33H43N6O7P/c1-4-7-22-44-33(42)39-20-18-38(19-21-39)32(41)28(24-47(43,45-5-2)46-6-3)36-31(40)27-23-29(34-26-16-12-9-13-17-26)37-30(35-27)25-14-10-8-11-15-25/h8-17,23,28H,4-7,18-22,24H2,1-3H3,(H,36,40)(H,34,35,37)/t28-/m0/s1. The molecule has 1 saturated heterocycles. The van der Waals surface area contributed by atoms with Crippen molar-refractivity contribution in [1.82, 2.24) is 25.1 Å². The normalized spacial score (nSPS) is 13.9. The first kappa shape index (κ1) is 35.5. The van der Waals surface area contributed by atoms with Gasteiger partial charge in [-0.05, 0) is 32.4 Å². The van der Waals surface area contributed by atoms with Gasteiger partial charge >= 0.3 is 13.7 Å². The molecule has 1 atom stereocenters. The van der Waals surface area contributed by atoms with Crippen molar-refractivity contribution in [2.75, 3.05) is 57.5 Å². The van der Waals surface area contributed by atoms with Crippen LogP contribution in [0.2, 0.25) is 0 Å². The van der Waals surface area contributed by atoms with E-state index in [0.29, 0.717) is 23.8 Å². The number of hydrogen-bond acceptors (Lipinski definition) is 10. The highest BCUT2D eigenvalue weighted by atomic mass is 31.2. The fourth-order valence-corrected chi connectivity index (χ4v) is 6.68. The molecule has 4 rings (SSSR count). The van der Waals surface area contributed by atoms with Crippen LogP contribution in [0.4, 0.5) is 16.3 Å². The maximum Gasteiger partial charge on any atom is 0.409 e. The highest BCUT2D eigenvalue weighted by molar-refractivity contribution is 7.54. The number of aromatic nitrogens is 2. The molecule has 0 saturated carbocycles. The molecule has 252 valence electrons. The van der Waals surface area contributed by atoms with E-state index in [-0.39, 0.29) is 51.2 Å². The zero-order chi connectivity index (χ0) is 33.6. The number of carbonyl (C=O) groups is 3. The van der Waals surface area contributed by atoms with E-state index in [2.05, 4.69) is 20.6 Å². The summed E-state index contributed by atoms with van der Waals surface area (Å²) in [5.41, 5.74) is 1.44. The van der Waals surface area contributed by atoms with Crippen molar-refractivity contribution in [3.05, 3.63) is 72.4 Å². The van der Waals surface area contributed by atoms with Gasteiger partial charge in [-0.3, -0.25) is 14.2 Å². The van der Waals surface area contributed by atoms with Gasteiger partial charge in [0.05, 0.1) is 26.0 Å². The van der Waals surface area contributed by atoms with Gasteiger partial charge in [-0.25, -0.2) is 14.8 Å². The largest absolute Gasteiger partial charge is 0.449 e. The number of rotatable bonds is 15. The quantitative estimate of drug-likeness (QED) is 0.161. The number of nitrogens with one attached hydrogen (secondary N) is 2. The predicted molar refractivity (Wildman–Crippen MR) is 179 cm³/mol. The maximum atomic E-state index is 13.9. The van der Waals surface area contributed by atoms with E-state index in [1.807, 2.05) is 67.6 Å². The topological polar surface area (TPSA) is 152 Å². The summed E-state index contributed by atoms with van der Waals surface area (Å²) in [6.07, 6.45) is 0.868. The molecule has 0 spiro atoms. The summed E-state index contributed by atoms with van der Waals surface area (Å²) in [5, 5.41) is 5.96. The summed E-state index contributed by atoms with van der Waals surface area (Å²) < 4.78 is 29.9. The Morgan fingerprint density at radius 2 is 1.49 bits per heavy atom. The first-order chi connectivity index (χ1) is 22.7. The lowest BCUT2D eigenvalue weighted by atomic mass is 10.2. The van der Waals surface area contributed by atoms with Crippen molar-refractivity contribution in [1.29, 1.82) is 0 Å². The summed E-state index contributed by atoms with van der Waals surface area (Å²) in [7, 11) is -3.78. The Bertz CT molecular complexity index is 1510. The van der Waals surface area contributed by atoms with Crippen molar-refractivity contribution in [2.45, 2.75) is 39.7 Å². The molecule has 14 heteroatoms. The number of amides is 3. The van der Waals surface area contributed by atoms with Crippen LogP contribution in [0.5, 0.6) is 0 Å². The van der Waals surface area contributed by atoms with E-state index in [0.717, 1.165) is 18.5 Å². The number of hydrogen-bond donors (Lipinski definition) is 2. The molecule has 0 radical (unpaired) electrons. The number of benzene rings is 2. The zero-order valence-electron chi connectivity index (χ0n) is 27.1. The van der Waals surface area contributed by atoms with E-state index in [1.165, 1.54) is 11.0 Å². The van der Waals surface area contributed by atoms with Crippen LogP contribution in [-0.4, -0.2) is 95.9 Å². The van der Waals surface area contributed by atoms with E-state index >= 15 is 0 Å². The minimum Gasteiger partial charge on any atom is -0.449 e. The molecule has 1 aliphatic rings. The van der Waals surface area contributed by atoms with Crippen molar-refractivity contribution in [3.63, 3.8) is 0 Å². The molecule has 3 aromatic rings. The van der Waals surface area contributed by atoms with Crippen LogP contribution >= 0.6 is 7.60 Å². The van der Waals surface area contributed by atoms with Crippen molar-refractivity contribution in [3.8, 4) is 11.4 Å². The van der Waals surface area contributed by atoms with Crippen LogP contribution in [0.25, 0.3) is 11.4 Å². The average Bonchev–Trinajstić information content (AvgIpc) is 3.08. The van der Waals surface area contributed by atoms with Gasteiger partial charge in [0.2, 0.25) is 5.91 Å². The SMILES string of the molecule is CCCCOC(=O)N1CCN(C(=O)[C@H](CP(=O)(OCC)OCC)NC(=O)c2cc(Nc3ccccc3)nc(-c3ccccc3)n2)CC1. The highest BCUT2D eigenvalue weighted by Gasteiger charge is 2.37. The summed E-state index contributed by atoms with van der Waals surface area (Å²) in [6.45, 7) is 6.80. The van der Waals surface area contributed by atoms with Crippen LogP contribution in [0, 0.1) is 0 Å². The van der Waals surface area contributed by atoms with Crippen molar-refractivity contribution in [2.24, 2.45) is 0 Å². The number of carbonyl (C=O) groups excluding carboxylic acids is 3. The molecule has 3 amide bonds. The summed E-state index contributed by atoms with van der Waals surface area (Å²) in [5.74, 6) is -0.473. The Kier molecular flexibility index (Phi) is 13.3. The fourth-order valence-electron chi connectivity index (χ4n) is 4.92. The summed E-state index contributed by atoms with van der Waals surface area (Å²) in [4.78, 5) is 52.5. The number of ether oxygens (including phenoxy) is 1. The van der Waals surface area contributed by atoms with E-state index in [4.69, 9.17) is 13.8 Å². The molecule has 1 aromatic heterocycles. The molecule has 2 heterocycles. The number of unbranched alkanes of at least 4 members (excludes halogenated alkanes) is 1. The Hall–Kier alpha value is -4.32.